The highest BCUT2D eigenvalue weighted by atomic mass is 16.5. The van der Waals surface area contributed by atoms with E-state index in [4.69, 9.17) is 4.74 Å². The molecule has 1 saturated carbocycles. The highest BCUT2D eigenvalue weighted by molar-refractivity contribution is 5.01. The minimum atomic E-state index is -0.0878. The van der Waals surface area contributed by atoms with Crippen LogP contribution in [0.1, 0.15) is 59.3 Å². The lowest BCUT2D eigenvalue weighted by atomic mass is 9.69. The van der Waals surface area contributed by atoms with E-state index in [1.165, 1.54) is 12.8 Å². The standard InChI is InChI=1S/C15H27NO/c1-13(2)6-9-17-10-8-15(12-16)7-4-5-14(3)11-15/h13-14H,4-11H2,1-3H3. The number of rotatable bonds is 6. The molecule has 0 N–H and O–H groups in total. The summed E-state index contributed by atoms with van der Waals surface area (Å²) in [5, 5.41) is 9.40. The quantitative estimate of drug-likeness (QED) is 0.650. The van der Waals surface area contributed by atoms with Gasteiger partial charge in [-0.15, -0.1) is 0 Å². The summed E-state index contributed by atoms with van der Waals surface area (Å²) >= 11 is 0. The van der Waals surface area contributed by atoms with E-state index in [1.807, 2.05) is 0 Å². The number of hydrogen-bond acceptors (Lipinski definition) is 2. The summed E-state index contributed by atoms with van der Waals surface area (Å²) in [7, 11) is 0. The lowest BCUT2D eigenvalue weighted by molar-refractivity contribution is 0.0820. The molecule has 1 rings (SSSR count). The minimum Gasteiger partial charge on any atom is -0.381 e. The van der Waals surface area contributed by atoms with Gasteiger partial charge in [0.05, 0.1) is 11.5 Å². The van der Waals surface area contributed by atoms with Crippen molar-refractivity contribution in [3.8, 4) is 6.07 Å². The van der Waals surface area contributed by atoms with Gasteiger partial charge in [0.25, 0.3) is 0 Å². The Labute approximate surface area is 106 Å². The Morgan fingerprint density at radius 2 is 2.18 bits per heavy atom. The van der Waals surface area contributed by atoms with Crippen molar-refractivity contribution < 1.29 is 4.74 Å². The molecule has 0 aromatic rings. The molecule has 1 aliphatic carbocycles. The molecule has 0 saturated heterocycles. The van der Waals surface area contributed by atoms with Crippen molar-refractivity contribution in [1.82, 2.24) is 0 Å². The molecular weight excluding hydrogens is 210 g/mol. The molecule has 2 unspecified atom stereocenters. The van der Waals surface area contributed by atoms with E-state index in [-0.39, 0.29) is 5.41 Å². The fourth-order valence-corrected chi connectivity index (χ4v) is 2.73. The van der Waals surface area contributed by atoms with Gasteiger partial charge in [-0.05, 0) is 37.5 Å². The van der Waals surface area contributed by atoms with Crippen LogP contribution in [0.15, 0.2) is 0 Å². The van der Waals surface area contributed by atoms with E-state index in [0.717, 1.165) is 38.9 Å². The second-order valence-corrected chi connectivity index (χ2v) is 6.14. The SMILES string of the molecule is CC(C)CCOCCC1(C#N)CCCC(C)C1. The van der Waals surface area contributed by atoms with Crippen LogP contribution in [0.4, 0.5) is 0 Å². The van der Waals surface area contributed by atoms with Crippen LogP contribution in [-0.2, 0) is 4.74 Å². The van der Waals surface area contributed by atoms with E-state index < -0.39 is 0 Å². The topological polar surface area (TPSA) is 33.0 Å². The molecule has 0 bridgehead atoms. The van der Waals surface area contributed by atoms with Gasteiger partial charge in [-0.2, -0.15) is 5.26 Å². The molecule has 2 heteroatoms. The zero-order valence-corrected chi connectivity index (χ0v) is 11.7. The molecule has 1 fully saturated rings. The zero-order valence-electron chi connectivity index (χ0n) is 11.7. The van der Waals surface area contributed by atoms with E-state index in [9.17, 15) is 5.26 Å². The second kappa shape index (κ2) is 7.01. The molecule has 2 atom stereocenters. The van der Waals surface area contributed by atoms with Crippen molar-refractivity contribution in [3.63, 3.8) is 0 Å². The van der Waals surface area contributed by atoms with Crippen LogP contribution in [0.5, 0.6) is 0 Å². The normalized spacial score (nSPS) is 29.2. The summed E-state index contributed by atoms with van der Waals surface area (Å²) in [6, 6.07) is 2.57. The van der Waals surface area contributed by atoms with E-state index in [0.29, 0.717) is 11.8 Å². The van der Waals surface area contributed by atoms with Gasteiger partial charge in [-0.25, -0.2) is 0 Å². The summed E-state index contributed by atoms with van der Waals surface area (Å²) < 4.78 is 5.66. The van der Waals surface area contributed by atoms with Crippen LogP contribution < -0.4 is 0 Å². The fourth-order valence-electron chi connectivity index (χ4n) is 2.73. The Hall–Kier alpha value is -0.550. The van der Waals surface area contributed by atoms with Gasteiger partial charge in [0.15, 0.2) is 0 Å². The molecule has 17 heavy (non-hydrogen) atoms. The smallest absolute Gasteiger partial charge is 0.0690 e. The lowest BCUT2D eigenvalue weighted by Gasteiger charge is -2.34. The molecule has 1 aliphatic rings. The van der Waals surface area contributed by atoms with E-state index in [1.54, 1.807) is 0 Å². The highest BCUT2D eigenvalue weighted by Gasteiger charge is 2.34. The van der Waals surface area contributed by atoms with Gasteiger partial charge in [0.2, 0.25) is 0 Å². The molecule has 2 nitrogen and oxygen atoms in total. The molecule has 98 valence electrons. The third-order valence-corrected chi connectivity index (χ3v) is 3.89. The molecule has 0 spiro atoms. The largest absolute Gasteiger partial charge is 0.381 e. The summed E-state index contributed by atoms with van der Waals surface area (Å²) in [4.78, 5) is 0. The molecule has 0 radical (unpaired) electrons. The van der Waals surface area contributed by atoms with Gasteiger partial charge >= 0.3 is 0 Å². The van der Waals surface area contributed by atoms with Crippen LogP contribution in [-0.4, -0.2) is 13.2 Å². The van der Waals surface area contributed by atoms with Crippen LogP contribution in [0.3, 0.4) is 0 Å². The monoisotopic (exact) mass is 237 g/mol. The molecule has 0 aromatic carbocycles. The molecule has 0 aliphatic heterocycles. The van der Waals surface area contributed by atoms with Gasteiger partial charge in [0, 0.05) is 13.2 Å². The van der Waals surface area contributed by atoms with Gasteiger partial charge < -0.3 is 4.74 Å². The fraction of sp³-hybridized carbons (Fsp3) is 0.933. The average molecular weight is 237 g/mol. The van der Waals surface area contributed by atoms with Crippen molar-refractivity contribution in [1.29, 1.82) is 5.26 Å². The van der Waals surface area contributed by atoms with Crippen molar-refractivity contribution in [2.75, 3.05) is 13.2 Å². The molecular formula is C15H27NO. The van der Waals surface area contributed by atoms with Crippen LogP contribution in [0.2, 0.25) is 0 Å². The Morgan fingerprint density at radius 3 is 2.76 bits per heavy atom. The summed E-state index contributed by atoms with van der Waals surface area (Å²) in [6.45, 7) is 8.29. The van der Waals surface area contributed by atoms with Gasteiger partial charge in [0.1, 0.15) is 0 Å². The lowest BCUT2D eigenvalue weighted by Crippen LogP contribution is -2.27. The summed E-state index contributed by atoms with van der Waals surface area (Å²) in [5.74, 6) is 1.41. The Balaban J connectivity index is 2.25. The van der Waals surface area contributed by atoms with Crippen molar-refractivity contribution in [2.24, 2.45) is 17.3 Å². The van der Waals surface area contributed by atoms with Gasteiger partial charge in [-0.3, -0.25) is 0 Å². The summed E-state index contributed by atoms with van der Waals surface area (Å²) in [6.07, 6.45) is 6.68. The first-order chi connectivity index (χ1) is 8.08. The number of nitriles is 1. The number of nitrogens with zero attached hydrogens (tertiary/aromatic N) is 1. The van der Waals surface area contributed by atoms with E-state index >= 15 is 0 Å². The van der Waals surface area contributed by atoms with Crippen molar-refractivity contribution in [3.05, 3.63) is 0 Å². The van der Waals surface area contributed by atoms with Crippen molar-refractivity contribution in [2.45, 2.75) is 59.3 Å². The maximum Gasteiger partial charge on any atom is 0.0690 e. The maximum absolute atomic E-state index is 9.40. The first-order valence-electron chi connectivity index (χ1n) is 7.07. The minimum absolute atomic E-state index is 0.0878. The average Bonchev–Trinajstić information content (AvgIpc) is 2.28. The van der Waals surface area contributed by atoms with Crippen molar-refractivity contribution >= 4 is 0 Å². The third kappa shape index (κ3) is 5.08. The van der Waals surface area contributed by atoms with Crippen LogP contribution in [0, 0.1) is 28.6 Å². The maximum atomic E-state index is 9.40. The van der Waals surface area contributed by atoms with E-state index in [2.05, 4.69) is 26.8 Å². The molecule has 0 heterocycles. The Bertz CT molecular complexity index is 256. The Kier molecular flexibility index (Phi) is 5.98. The number of ether oxygens (including phenoxy) is 1. The predicted octanol–water partition coefficient (Wildman–Crippen LogP) is 4.16. The zero-order chi connectivity index (χ0) is 12.7. The molecule has 0 amide bonds. The second-order valence-electron chi connectivity index (χ2n) is 6.14. The third-order valence-electron chi connectivity index (χ3n) is 3.89. The molecule has 0 aromatic heterocycles. The summed E-state index contributed by atoms with van der Waals surface area (Å²) in [5.41, 5.74) is -0.0878. The first kappa shape index (κ1) is 14.5. The Morgan fingerprint density at radius 1 is 1.41 bits per heavy atom. The predicted molar refractivity (Wildman–Crippen MR) is 70.6 cm³/mol. The number of hydrogen-bond donors (Lipinski definition) is 0. The van der Waals surface area contributed by atoms with Crippen LogP contribution in [0.25, 0.3) is 0 Å². The van der Waals surface area contributed by atoms with Crippen LogP contribution >= 0.6 is 0 Å². The first-order valence-corrected chi connectivity index (χ1v) is 7.07. The highest BCUT2D eigenvalue weighted by Crippen LogP contribution is 2.41. The van der Waals surface area contributed by atoms with Gasteiger partial charge in [-0.1, -0.05) is 33.6 Å².